The van der Waals surface area contributed by atoms with Crippen LogP contribution in [-0.4, -0.2) is 34.8 Å². The maximum absolute atomic E-state index is 13.0. The average molecular weight is 381 g/mol. The molecule has 1 N–H and O–H groups in total. The zero-order valence-electron chi connectivity index (χ0n) is 16.0. The lowest BCUT2D eigenvalue weighted by Gasteiger charge is -2.07. The highest BCUT2D eigenvalue weighted by Crippen LogP contribution is 2.17. The van der Waals surface area contributed by atoms with Crippen molar-refractivity contribution in [2.75, 3.05) is 6.61 Å². The molecule has 0 saturated heterocycles. The van der Waals surface area contributed by atoms with Gasteiger partial charge in [0.15, 0.2) is 11.2 Å². The first-order valence-electron chi connectivity index (χ1n) is 9.35. The summed E-state index contributed by atoms with van der Waals surface area (Å²) in [5.41, 5.74) is 2.19. The molecule has 0 fully saturated rings. The van der Waals surface area contributed by atoms with E-state index in [4.69, 9.17) is 5.11 Å². The summed E-state index contributed by atoms with van der Waals surface area (Å²) < 4.78 is 6.41. The fourth-order valence-corrected chi connectivity index (χ4v) is 3.64. The molecule has 8 nitrogen and oxygen atoms in total. The summed E-state index contributed by atoms with van der Waals surface area (Å²) in [6, 6.07) is 10.2. The third kappa shape index (κ3) is 2.86. The number of benzene rings is 1. The summed E-state index contributed by atoms with van der Waals surface area (Å²) in [6.07, 6.45) is 3.08. The van der Waals surface area contributed by atoms with Crippen LogP contribution in [-0.2, 0) is 26.6 Å². The number of aromatic nitrogens is 5. The van der Waals surface area contributed by atoms with E-state index in [-0.39, 0.29) is 18.7 Å². The van der Waals surface area contributed by atoms with Crippen molar-refractivity contribution in [2.24, 2.45) is 7.05 Å². The smallest absolute Gasteiger partial charge is 0.332 e. The Hall–Kier alpha value is -3.13. The Labute approximate surface area is 160 Å². The van der Waals surface area contributed by atoms with Crippen LogP contribution >= 0.6 is 0 Å². The third-order valence-corrected chi connectivity index (χ3v) is 5.15. The number of aliphatic hydroxyl groups is 1. The van der Waals surface area contributed by atoms with Crippen LogP contribution in [0.15, 0.2) is 46.1 Å². The summed E-state index contributed by atoms with van der Waals surface area (Å²) in [5, 5.41) is 9.07. The van der Waals surface area contributed by atoms with Crippen LogP contribution in [0.2, 0.25) is 0 Å². The van der Waals surface area contributed by atoms with Crippen molar-refractivity contribution in [3.05, 3.63) is 68.6 Å². The molecule has 28 heavy (non-hydrogen) atoms. The molecule has 0 atom stereocenters. The molecule has 0 spiro atoms. The quantitative estimate of drug-likeness (QED) is 0.542. The number of nitrogens with zero attached hydrogens (tertiary/aromatic N) is 5. The molecule has 3 aromatic heterocycles. The van der Waals surface area contributed by atoms with Gasteiger partial charge in [-0.15, -0.1) is 0 Å². The predicted molar refractivity (Wildman–Crippen MR) is 107 cm³/mol. The van der Waals surface area contributed by atoms with Gasteiger partial charge in [0.2, 0.25) is 5.78 Å². The summed E-state index contributed by atoms with van der Waals surface area (Å²) in [6.45, 7) is 2.81. The highest BCUT2D eigenvalue weighted by Gasteiger charge is 2.19. The Morgan fingerprint density at radius 3 is 2.54 bits per heavy atom. The minimum atomic E-state index is -0.417. The van der Waals surface area contributed by atoms with Gasteiger partial charge in [-0.1, -0.05) is 30.3 Å². The monoisotopic (exact) mass is 381 g/mol. The van der Waals surface area contributed by atoms with Crippen molar-refractivity contribution in [3.8, 4) is 0 Å². The van der Waals surface area contributed by atoms with E-state index in [2.05, 4.69) is 21.7 Å². The summed E-state index contributed by atoms with van der Waals surface area (Å²) in [7, 11) is 1.62. The molecule has 0 unspecified atom stereocenters. The summed E-state index contributed by atoms with van der Waals surface area (Å²) >= 11 is 0. The molecule has 8 heteroatoms. The SMILES string of the molecule is Cc1cn2c3c(=O)n(CCCO)c(=O)n(C)c3nc2n1CCc1ccccc1. The molecule has 0 aliphatic carbocycles. The Morgan fingerprint density at radius 2 is 1.82 bits per heavy atom. The number of imidazole rings is 2. The van der Waals surface area contributed by atoms with Gasteiger partial charge in [-0.2, -0.15) is 4.98 Å². The number of fused-ring (bicyclic) bond motifs is 3. The number of rotatable bonds is 6. The summed E-state index contributed by atoms with van der Waals surface area (Å²) in [4.78, 5) is 30.2. The molecule has 3 heterocycles. The molecule has 0 bridgehead atoms. The molecular weight excluding hydrogens is 358 g/mol. The number of hydrogen-bond donors (Lipinski definition) is 1. The second-order valence-electron chi connectivity index (χ2n) is 6.99. The van der Waals surface area contributed by atoms with E-state index in [9.17, 15) is 9.59 Å². The first kappa shape index (κ1) is 18.2. The lowest BCUT2D eigenvalue weighted by Crippen LogP contribution is -2.39. The molecule has 4 aromatic rings. The van der Waals surface area contributed by atoms with Crippen LogP contribution < -0.4 is 11.2 Å². The topological polar surface area (TPSA) is 86.5 Å². The minimum Gasteiger partial charge on any atom is -0.396 e. The van der Waals surface area contributed by atoms with Gasteiger partial charge in [-0.25, -0.2) is 4.79 Å². The molecule has 0 aliphatic heterocycles. The largest absolute Gasteiger partial charge is 0.396 e. The average Bonchev–Trinajstić information content (AvgIpc) is 3.20. The van der Waals surface area contributed by atoms with Gasteiger partial charge in [0.05, 0.1) is 0 Å². The zero-order valence-corrected chi connectivity index (χ0v) is 16.0. The molecule has 0 amide bonds. The minimum absolute atomic E-state index is 0.0790. The third-order valence-electron chi connectivity index (χ3n) is 5.15. The molecular formula is C20H23N5O3. The van der Waals surface area contributed by atoms with Gasteiger partial charge in [-0.05, 0) is 25.3 Å². The Morgan fingerprint density at radius 1 is 1.07 bits per heavy atom. The van der Waals surface area contributed by atoms with Crippen molar-refractivity contribution in [3.63, 3.8) is 0 Å². The van der Waals surface area contributed by atoms with Gasteiger partial charge >= 0.3 is 5.69 Å². The van der Waals surface area contributed by atoms with Gasteiger partial charge < -0.3 is 9.67 Å². The van der Waals surface area contributed by atoms with Crippen molar-refractivity contribution < 1.29 is 5.11 Å². The lowest BCUT2D eigenvalue weighted by atomic mass is 10.1. The van der Waals surface area contributed by atoms with E-state index < -0.39 is 5.69 Å². The molecule has 0 saturated carbocycles. The van der Waals surface area contributed by atoms with Gasteiger partial charge in [0.1, 0.15) is 0 Å². The highest BCUT2D eigenvalue weighted by atomic mass is 16.3. The molecule has 0 radical (unpaired) electrons. The fourth-order valence-electron chi connectivity index (χ4n) is 3.64. The first-order chi connectivity index (χ1) is 13.5. The molecule has 146 valence electrons. The summed E-state index contributed by atoms with van der Waals surface area (Å²) in [5.74, 6) is 0.649. The predicted octanol–water partition coefficient (Wildman–Crippen LogP) is 1.08. The van der Waals surface area contributed by atoms with Crippen LogP contribution in [0.25, 0.3) is 16.9 Å². The normalized spacial score (nSPS) is 11.7. The van der Waals surface area contributed by atoms with Gasteiger partial charge in [-0.3, -0.25) is 18.3 Å². The molecule has 4 rings (SSSR count). The number of aryl methyl sites for hydroxylation is 4. The van der Waals surface area contributed by atoms with Crippen LogP contribution in [0.3, 0.4) is 0 Å². The Kier molecular flexibility index (Phi) is 4.64. The van der Waals surface area contributed by atoms with E-state index in [0.29, 0.717) is 23.4 Å². The van der Waals surface area contributed by atoms with E-state index in [1.807, 2.05) is 31.3 Å². The molecule has 1 aromatic carbocycles. The lowest BCUT2D eigenvalue weighted by molar-refractivity contribution is 0.277. The van der Waals surface area contributed by atoms with Crippen LogP contribution in [0.5, 0.6) is 0 Å². The van der Waals surface area contributed by atoms with Gasteiger partial charge in [0.25, 0.3) is 5.56 Å². The van der Waals surface area contributed by atoms with Crippen LogP contribution in [0, 0.1) is 6.92 Å². The Bertz CT molecular complexity index is 1260. The van der Waals surface area contributed by atoms with Crippen LogP contribution in [0.1, 0.15) is 17.7 Å². The second kappa shape index (κ2) is 7.12. The molecule has 0 aliphatic rings. The van der Waals surface area contributed by atoms with Gasteiger partial charge in [0, 0.05) is 38.6 Å². The fraction of sp³-hybridized carbons (Fsp3) is 0.350. The first-order valence-corrected chi connectivity index (χ1v) is 9.35. The van der Waals surface area contributed by atoms with E-state index in [0.717, 1.165) is 18.7 Å². The number of aliphatic hydroxyl groups excluding tert-OH is 1. The van der Waals surface area contributed by atoms with Crippen LogP contribution in [0.4, 0.5) is 0 Å². The van der Waals surface area contributed by atoms with Crippen molar-refractivity contribution in [1.29, 1.82) is 0 Å². The second-order valence-corrected chi connectivity index (χ2v) is 6.99. The number of hydrogen-bond acceptors (Lipinski definition) is 4. The van der Waals surface area contributed by atoms with E-state index in [1.165, 1.54) is 14.7 Å². The standard InChI is InChI=1S/C20H23N5O3/c1-14-13-25-16-17(22(2)20(28)24(18(16)27)10-6-12-26)21-19(25)23(14)11-9-15-7-4-3-5-8-15/h3-5,7-8,13,26H,6,9-12H2,1-2H3. The highest BCUT2D eigenvalue weighted by molar-refractivity contribution is 5.75. The van der Waals surface area contributed by atoms with Crippen molar-refractivity contribution >= 4 is 16.9 Å². The van der Waals surface area contributed by atoms with Crippen molar-refractivity contribution in [2.45, 2.75) is 32.9 Å². The maximum Gasteiger partial charge on any atom is 0.332 e. The maximum atomic E-state index is 13.0. The Balaban J connectivity index is 1.86. The van der Waals surface area contributed by atoms with E-state index in [1.54, 1.807) is 11.4 Å². The van der Waals surface area contributed by atoms with E-state index >= 15 is 0 Å². The van der Waals surface area contributed by atoms with Crippen molar-refractivity contribution in [1.82, 2.24) is 23.1 Å². The zero-order chi connectivity index (χ0) is 19.8.